The number of anilines is 2. The summed E-state index contributed by atoms with van der Waals surface area (Å²) in [4.78, 5) is 26.1. The Morgan fingerprint density at radius 2 is 1.53 bits per heavy atom. The van der Waals surface area contributed by atoms with Crippen molar-refractivity contribution < 1.29 is 19.1 Å². The number of hydrogen-bond donors (Lipinski definition) is 1. The van der Waals surface area contributed by atoms with Crippen LogP contribution in [0.4, 0.5) is 11.4 Å². The lowest BCUT2D eigenvalue weighted by molar-refractivity contribution is -0.119. The minimum atomic E-state index is -0.542. The summed E-state index contributed by atoms with van der Waals surface area (Å²) in [5, 5.41) is 2.70. The molecule has 3 aromatic carbocycles. The molecule has 1 N–H and O–H groups in total. The van der Waals surface area contributed by atoms with Gasteiger partial charge in [-0.25, -0.2) is 4.79 Å². The van der Waals surface area contributed by atoms with Gasteiger partial charge in [-0.3, -0.25) is 4.79 Å². The highest BCUT2D eigenvalue weighted by atomic mass is 16.5. The van der Waals surface area contributed by atoms with E-state index in [1.54, 1.807) is 36.4 Å². The highest BCUT2D eigenvalue weighted by molar-refractivity contribution is 5.95. The monoisotopic (exact) mass is 404 g/mol. The third kappa shape index (κ3) is 6.10. The predicted molar refractivity (Wildman–Crippen MR) is 117 cm³/mol. The van der Waals surface area contributed by atoms with Gasteiger partial charge < -0.3 is 19.7 Å². The molecule has 3 aromatic rings. The standard InChI is InChI=1S/C24H24N2O4/c1-26(2)21-12-8-19(9-13-21)24(28)30-17-23(27)25-20-10-14-22(15-11-20)29-16-18-6-4-3-5-7-18/h3-15H,16-17H2,1-2H3,(H,25,27). The highest BCUT2D eigenvalue weighted by Gasteiger charge is 2.11. The number of ether oxygens (including phenoxy) is 2. The Kier molecular flexibility index (Phi) is 7.05. The Balaban J connectivity index is 1.44. The van der Waals surface area contributed by atoms with E-state index < -0.39 is 11.9 Å². The van der Waals surface area contributed by atoms with Crippen molar-refractivity contribution in [3.63, 3.8) is 0 Å². The maximum absolute atomic E-state index is 12.1. The van der Waals surface area contributed by atoms with E-state index in [9.17, 15) is 9.59 Å². The van der Waals surface area contributed by atoms with E-state index in [4.69, 9.17) is 9.47 Å². The predicted octanol–water partition coefficient (Wildman–Crippen LogP) is 4.13. The van der Waals surface area contributed by atoms with Crippen LogP contribution in [0.3, 0.4) is 0 Å². The Bertz CT molecular complexity index is 968. The van der Waals surface area contributed by atoms with Crippen LogP contribution in [-0.4, -0.2) is 32.6 Å². The first-order chi connectivity index (χ1) is 14.5. The first-order valence-electron chi connectivity index (χ1n) is 9.52. The van der Waals surface area contributed by atoms with E-state index >= 15 is 0 Å². The van der Waals surface area contributed by atoms with Gasteiger partial charge in [0.05, 0.1) is 5.56 Å². The summed E-state index contributed by atoms with van der Waals surface area (Å²) in [5.41, 5.74) is 3.04. The van der Waals surface area contributed by atoms with Gasteiger partial charge >= 0.3 is 5.97 Å². The van der Waals surface area contributed by atoms with Crippen molar-refractivity contribution in [3.05, 3.63) is 90.0 Å². The average molecular weight is 404 g/mol. The quantitative estimate of drug-likeness (QED) is 0.572. The van der Waals surface area contributed by atoms with E-state index in [0.29, 0.717) is 23.6 Å². The van der Waals surface area contributed by atoms with Crippen LogP contribution in [0.25, 0.3) is 0 Å². The number of carbonyl (C=O) groups excluding carboxylic acids is 2. The van der Waals surface area contributed by atoms with Crippen molar-refractivity contribution in [1.82, 2.24) is 0 Å². The molecule has 154 valence electrons. The largest absolute Gasteiger partial charge is 0.489 e. The van der Waals surface area contributed by atoms with Crippen LogP contribution in [-0.2, 0) is 16.1 Å². The molecular formula is C24H24N2O4. The van der Waals surface area contributed by atoms with Gasteiger partial charge in [0.2, 0.25) is 0 Å². The van der Waals surface area contributed by atoms with E-state index in [0.717, 1.165) is 11.3 Å². The molecule has 0 bridgehead atoms. The van der Waals surface area contributed by atoms with Crippen LogP contribution < -0.4 is 15.0 Å². The summed E-state index contributed by atoms with van der Waals surface area (Å²) >= 11 is 0. The van der Waals surface area contributed by atoms with Crippen molar-refractivity contribution >= 4 is 23.3 Å². The Morgan fingerprint density at radius 1 is 0.867 bits per heavy atom. The Morgan fingerprint density at radius 3 is 2.17 bits per heavy atom. The molecule has 0 aromatic heterocycles. The van der Waals surface area contributed by atoms with Gasteiger partial charge in [0, 0.05) is 25.5 Å². The SMILES string of the molecule is CN(C)c1ccc(C(=O)OCC(=O)Nc2ccc(OCc3ccccc3)cc2)cc1. The molecule has 1 amide bonds. The number of esters is 1. The van der Waals surface area contributed by atoms with Crippen LogP contribution >= 0.6 is 0 Å². The molecule has 0 aliphatic carbocycles. The zero-order chi connectivity index (χ0) is 21.3. The van der Waals surface area contributed by atoms with E-state index in [1.165, 1.54) is 0 Å². The van der Waals surface area contributed by atoms with Crippen LogP contribution in [0, 0.1) is 0 Å². The summed E-state index contributed by atoms with van der Waals surface area (Å²) in [7, 11) is 3.83. The lowest BCUT2D eigenvalue weighted by atomic mass is 10.2. The molecule has 0 atom stereocenters. The van der Waals surface area contributed by atoms with E-state index in [-0.39, 0.29) is 6.61 Å². The third-order valence-corrected chi connectivity index (χ3v) is 4.34. The van der Waals surface area contributed by atoms with Gasteiger partial charge in [-0.05, 0) is 54.1 Å². The molecule has 0 radical (unpaired) electrons. The minimum absolute atomic E-state index is 0.361. The summed E-state index contributed by atoms with van der Waals surface area (Å²) in [6, 6.07) is 23.9. The maximum Gasteiger partial charge on any atom is 0.338 e. The summed E-state index contributed by atoms with van der Waals surface area (Å²) in [6.45, 7) is 0.110. The maximum atomic E-state index is 12.1. The van der Waals surface area contributed by atoms with Crippen LogP contribution in [0.15, 0.2) is 78.9 Å². The normalized spacial score (nSPS) is 10.2. The second-order valence-electron chi connectivity index (χ2n) is 6.86. The van der Waals surface area contributed by atoms with Crippen LogP contribution in [0.5, 0.6) is 5.75 Å². The van der Waals surface area contributed by atoms with E-state index in [1.807, 2.05) is 61.5 Å². The van der Waals surface area contributed by atoms with Crippen molar-refractivity contribution in [2.75, 3.05) is 30.9 Å². The Hall–Kier alpha value is -3.80. The first-order valence-corrected chi connectivity index (χ1v) is 9.52. The molecule has 0 unspecified atom stereocenters. The fraction of sp³-hybridized carbons (Fsp3) is 0.167. The number of nitrogens with one attached hydrogen (secondary N) is 1. The van der Waals surface area contributed by atoms with Crippen LogP contribution in [0.1, 0.15) is 15.9 Å². The number of nitrogens with zero attached hydrogens (tertiary/aromatic N) is 1. The zero-order valence-corrected chi connectivity index (χ0v) is 17.0. The second kappa shape index (κ2) is 10.1. The lowest BCUT2D eigenvalue weighted by Crippen LogP contribution is -2.21. The van der Waals surface area contributed by atoms with Gasteiger partial charge in [-0.1, -0.05) is 30.3 Å². The molecule has 0 aliphatic heterocycles. The number of amides is 1. The Labute approximate surface area is 176 Å². The second-order valence-corrected chi connectivity index (χ2v) is 6.86. The van der Waals surface area contributed by atoms with Crippen molar-refractivity contribution in [2.45, 2.75) is 6.61 Å². The summed E-state index contributed by atoms with van der Waals surface area (Å²) < 4.78 is 10.8. The summed E-state index contributed by atoms with van der Waals surface area (Å²) in [6.07, 6.45) is 0. The van der Waals surface area contributed by atoms with Crippen LogP contribution in [0.2, 0.25) is 0 Å². The van der Waals surface area contributed by atoms with Gasteiger partial charge in [-0.15, -0.1) is 0 Å². The van der Waals surface area contributed by atoms with Crippen molar-refractivity contribution in [1.29, 1.82) is 0 Å². The average Bonchev–Trinajstić information content (AvgIpc) is 2.78. The molecule has 0 saturated carbocycles. The van der Waals surface area contributed by atoms with Gasteiger partial charge in [0.1, 0.15) is 12.4 Å². The number of hydrogen-bond acceptors (Lipinski definition) is 5. The molecule has 0 spiro atoms. The minimum Gasteiger partial charge on any atom is -0.489 e. The van der Waals surface area contributed by atoms with Gasteiger partial charge in [0.25, 0.3) is 5.91 Å². The smallest absolute Gasteiger partial charge is 0.338 e. The fourth-order valence-corrected chi connectivity index (χ4v) is 2.68. The van der Waals surface area contributed by atoms with Crippen molar-refractivity contribution in [3.8, 4) is 5.75 Å². The van der Waals surface area contributed by atoms with Gasteiger partial charge in [-0.2, -0.15) is 0 Å². The third-order valence-electron chi connectivity index (χ3n) is 4.34. The molecule has 30 heavy (non-hydrogen) atoms. The topological polar surface area (TPSA) is 67.9 Å². The molecule has 6 heteroatoms. The zero-order valence-electron chi connectivity index (χ0n) is 17.0. The molecule has 0 heterocycles. The summed E-state index contributed by atoms with van der Waals surface area (Å²) in [5.74, 6) is -0.254. The molecule has 6 nitrogen and oxygen atoms in total. The number of rotatable bonds is 8. The number of benzene rings is 3. The highest BCUT2D eigenvalue weighted by Crippen LogP contribution is 2.17. The van der Waals surface area contributed by atoms with E-state index in [2.05, 4.69) is 5.32 Å². The van der Waals surface area contributed by atoms with Gasteiger partial charge in [0.15, 0.2) is 6.61 Å². The fourth-order valence-electron chi connectivity index (χ4n) is 2.68. The molecule has 0 fully saturated rings. The molecule has 0 saturated heterocycles. The first kappa shape index (κ1) is 20.9. The molecule has 3 rings (SSSR count). The molecular weight excluding hydrogens is 380 g/mol. The lowest BCUT2D eigenvalue weighted by Gasteiger charge is -2.12. The number of carbonyl (C=O) groups is 2. The molecule has 0 aliphatic rings. The van der Waals surface area contributed by atoms with Crippen molar-refractivity contribution in [2.24, 2.45) is 0 Å².